The molecule has 0 atom stereocenters. The predicted octanol–water partition coefficient (Wildman–Crippen LogP) is 2.71. The third-order valence-electron chi connectivity index (χ3n) is 2.96. The molecule has 2 rings (SSSR count). The summed E-state index contributed by atoms with van der Waals surface area (Å²) in [6.45, 7) is 1.31. The largest absolute Gasteiger partial charge is 0.317 e. The highest BCUT2D eigenvalue weighted by Gasteiger charge is 2.27. The van der Waals surface area contributed by atoms with Crippen LogP contribution in [0.15, 0.2) is 12.1 Å². The van der Waals surface area contributed by atoms with Crippen LogP contribution >= 0.6 is 12.4 Å². The first-order chi connectivity index (χ1) is 8.09. The van der Waals surface area contributed by atoms with E-state index in [1.165, 1.54) is 0 Å². The monoisotopic (exact) mass is 279 g/mol. The molecule has 1 fully saturated rings. The van der Waals surface area contributed by atoms with Crippen LogP contribution in [-0.2, 0) is 0 Å². The molecule has 0 bridgehead atoms. The standard InChI is InChI=1S/C12H12F3NO.ClH/c13-8-5-9(14)11(10(15)6-8)12(17)7-1-3-16-4-2-7;/h5-7,16H,1-4H2;1H. The second-order valence-corrected chi connectivity index (χ2v) is 4.13. The summed E-state index contributed by atoms with van der Waals surface area (Å²) in [4.78, 5) is 11.9. The van der Waals surface area contributed by atoms with Crippen LogP contribution in [0.3, 0.4) is 0 Å². The maximum absolute atomic E-state index is 13.4. The first kappa shape index (κ1) is 15.0. The maximum Gasteiger partial charge on any atom is 0.171 e. The lowest BCUT2D eigenvalue weighted by molar-refractivity contribution is 0.0886. The summed E-state index contributed by atoms with van der Waals surface area (Å²) in [5, 5.41) is 3.06. The van der Waals surface area contributed by atoms with Crippen LogP contribution in [0.5, 0.6) is 0 Å². The fraction of sp³-hybridized carbons (Fsp3) is 0.417. The van der Waals surface area contributed by atoms with E-state index in [1.54, 1.807) is 0 Å². The molecule has 1 aliphatic rings. The zero-order valence-electron chi connectivity index (χ0n) is 9.51. The summed E-state index contributed by atoms with van der Waals surface area (Å²) in [5.74, 6) is -4.20. The highest BCUT2D eigenvalue weighted by molar-refractivity contribution is 5.98. The lowest BCUT2D eigenvalue weighted by Gasteiger charge is -2.21. The number of halogens is 4. The van der Waals surface area contributed by atoms with E-state index in [4.69, 9.17) is 0 Å². The number of hydrogen-bond donors (Lipinski definition) is 1. The topological polar surface area (TPSA) is 29.1 Å². The Morgan fingerprint density at radius 2 is 1.61 bits per heavy atom. The molecule has 1 saturated heterocycles. The van der Waals surface area contributed by atoms with Crippen molar-refractivity contribution in [2.45, 2.75) is 12.8 Å². The van der Waals surface area contributed by atoms with Gasteiger partial charge in [-0.05, 0) is 25.9 Å². The van der Waals surface area contributed by atoms with Crippen LogP contribution in [0.2, 0.25) is 0 Å². The number of carbonyl (C=O) groups is 1. The molecule has 6 heteroatoms. The Morgan fingerprint density at radius 3 is 2.11 bits per heavy atom. The summed E-state index contributed by atoms with van der Waals surface area (Å²) >= 11 is 0. The van der Waals surface area contributed by atoms with Crippen molar-refractivity contribution in [3.8, 4) is 0 Å². The van der Waals surface area contributed by atoms with E-state index in [1.807, 2.05) is 0 Å². The molecular formula is C12H13ClF3NO. The van der Waals surface area contributed by atoms with Crippen molar-refractivity contribution < 1.29 is 18.0 Å². The SMILES string of the molecule is Cl.O=C(c1c(F)cc(F)cc1F)C1CCNCC1. The van der Waals surface area contributed by atoms with Gasteiger partial charge in [0.15, 0.2) is 5.78 Å². The molecule has 1 N–H and O–H groups in total. The van der Waals surface area contributed by atoms with Crippen LogP contribution in [0.4, 0.5) is 13.2 Å². The molecule has 1 aromatic carbocycles. The lowest BCUT2D eigenvalue weighted by atomic mass is 9.89. The van der Waals surface area contributed by atoms with Crippen molar-refractivity contribution in [1.29, 1.82) is 0 Å². The van der Waals surface area contributed by atoms with E-state index in [9.17, 15) is 18.0 Å². The zero-order valence-corrected chi connectivity index (χ0v) is 10.3. The Labute approximate surface area is 109 Å². The average molecular weight is 280 g/mol. The van der Waals surface area contributed by atoms with Gasteiger partial charge in [-0.25, -0.2) is 13.2 Å². The van der Waals surface area contributed by atoms with Gasteiger partial charge in [0.1, 0.15) is 17.5 Å². The van der Waals surface area contributed by atoms with Crippen LogP contribution in [0.1, 0.15) is 23.2 Å². The zero-order chi connectivity index (χ0) is 12.4. The Balaban J connectivity index is 0.00000162. The minimum absolute atomic E-state index is 0. The number of benzene rings is 1. The van der Waals surface area contributed by atoms with Gasteiger partial charge < -0.3 is 5.32 Å². The number of piperidine rings is 1. The quantitative estimate of drug-likeness (QED) is 0.844. The molecule has 100 valence electrons. The van der Waals surface area contributed by atoms with Crippen LogP contribution in [0, 0.1) is 23.4 Å². The van der Waals surface area contributed by atoms with Gasteiger partial charge in [-0.15, -0.1) is 12.4 Å². The van der Waals surface area contributed by atoms with E-state index in [-0.39, 0.29) is 18.3 Å². The Bertz CT molecular complexity index is 424. The Hall–Kier alpha value is -1.07. The van der Waals surface area contributed by atoms with Crippen molar-refractivity contribution in [3.63, 3.8) is 0 Å². The van der Waals surface area contributed by atoms with Crippen molar-refractivity contribution in [2.75, 3.05) is 13.1 Å². The molecule has 0 spiro atoms. The third kappa shape index (κ3) is 3.03. The van der Waals surface area contributed by atoms with Crippen molar-refractivity contribution in [3.05, 3.63) is 35.1 Å². The van der Waals surface area contributed by atoms with Gasteiger partial charge in [0.2, 0.25) is 0 Å². The fourth-order valence-corrected chi connectivity index (χ4v) is 2.07. The predicted molar refractivity (Wildman–Crippen MR) is 63.5 cm³/mol. The van der Waals surface area contributed by atoms with Gasteiger partial charge in [0.25, 0.3) is 0 Å². The van der Waals surface area contributed by atoms with Crippen LogP contribution in [0.25, 0.3) is 0 Å². The van der Waals surface area contributed by atoms with Gasteiger partial charge in [0.05, 0.1) is 5.56 Å². The minimum atomic E-state index is -1.12. The Kier molecular flexibility index (Phi) is 5.16. The summed E-state index contributed by atoms with van der Waals surface area (Å²) in [5.41, 5.74) is -0.613. The van der Waals surface area contributed by atoms with Crippen molar-refractivity contribution in [1.82, 2.24) is 5.32 Å². The first-order valence-corrected chi connectivity index (χ1v) is 5.49. The normalized spacial score (nSPS) is 16.2. The van der Waals surface area contributed by atoms with Gasteiger partial charge in [-0.3, -0.25) is 4.79 Å². The molecule has 0 aromatic heterocycles. The van der Waals surface area contributed by atoms with Crippen molar-refractivity contribution in [2.24, 2.45) is 5.92 Å². The van der Waals surface area contributed by atoms with E-state index in [0.29, 0.717) is 38.1 Å². The summed E-state index contributed by atoms with van der Waals surface area (Å²) in [7, 11) is 0. The minimum Gasteiger partial charge on any atom is -0.317 e. The second-order valence-electron chi connectivity index (χ2n) is 4.13. The highest BCUT2D eigenvalue weighted by atomic mass is 35.5. The van der Waals surface area contributed by atoms with Crippen LogP contribution < -0.4 is 5.32 Å². The molecule has 1 heterocycles. The van der Waals surface area contributed by atoms with Gasteiger partial charge >= 0.3 is 0 Å². The van der Waals surface area contributed by atoms with E-state index in [2.05, 4.69) is 5.32 Å². The molecule has 0 radical (unpaired) electrons. The molecular weight excluding hydrogens is 267 g/mol. The van der Waals surface area contributed by atoms with E-state index < -0.39 is 28.8 Å². The number of rotatable bonds is 2. The smallest absolute Gasteiger partial charge is 0.171 e. The lowest BCUT2D eigenvalue weighted by Crippen LogP contribution is -2.32. The molecule has 0 aliphatic carbocycles. The first-order valence-electron chi connectivity index (χ1n) is 5.49. The molecule has 0 unspecified atom stereocenters. The second kappa shape index (κ2) is 6.20. The third-order valence-corrected chi connectivity index (χ3v) is 2.96. The number of carbonyl (C=O) groups excluding carboxylic acids is 1. The molecule has 2 nitrogen and oxygen atoms in total. The summed E-state index contributed by atoms with van der Waals surface area (Å²) in [6, 6.07) is 1.08. The number of nitrogens with one attached hydrogen (secondary N) is 1. The molecule has 0 saturated carbocycles. The van der Waals surface area contributed by atoms with Gasteiger partial charge in [-0.2, -0.15) is 0 Å². The summed E-state index contributed by atoms with van der Waals surface area (Å²) < 4.78 is 39.5. The van der Waals surface area contributed by atoms with E-state index >= 15 is 0 Å². The van der Waals surface area contributed by atoms with Gasteiger partial charge in [-0.1, -0.05) is 0 Å². The molecule has 1 aromatic rings. The average Bonchev–Trinajstić information content (AvgIpc) is 2.28. The highest BCUT2D eigenvalue weighted by Crippen LogP contribution is 2.23. The molecule has 18 heavy (non-hydrogen) atoms. The fourth-order valence-electron chi connectivity index (χ4n) is 2.07. The van der Waals surface area contributed by atoms with Crippen molar-refractivity contribution >= 4 is 18.2 Å². The molecule has 1 aliphatic heterocycles. The molecule has 0 amide bonds. The Morgan fingerprint density at radius 1 is 1.11 bits per heavy atom. The number of ketones is 1. The number of Topliss-reactive ketones (excluding diaryl/α,β-unsaturated/α-hetero) is 1. The van der Waals surface area contributed by atoms with Crippen LogP contribution in [-0.4, -0.2) is 18.9 Å². The maximum atomic E-state index is 13.4. The van der Waals surface area contributed by atoms with E-state index in [0.717, 1.165) is 0 Å². The summed E-state index contributed by atoms with van der Waals surface area (Å²) in [6.07, 6.45) is 1.10. The number of hydrogen-bond acceptors (Lipinski definition) is 2. The van der Waals surface area contributed by atoms with Gasteiger partial charge in [0, 0.05) is 18.1 Å².